The van der Waals surface area contributed by atoms with Gasteiger partial charge < -0.3 is 9.47 Å². The molecule has 0 N–H and O–H groups in total. The van der Waals surface area contributed by atoms with Crippen LogP contribution in [0.2, 0.25) is 0 Å². The van der Waals surface area contributed by atoms with Crippen LogP contribution in [0.4, 0.5) is 0 Å². The molecule has 0 unspecified atom stereocenters. The monoisotopic (exact) mass is 254 g/mol. The normalized spacial score (nSPS) is 10.0. The molecule has 0 aliphatic heterocycles. The third kappa shape index (κ3) is 2.97. The van der Waals surface area contributed by atoms with E-state index in [2.05, 4.69) is 6.58 Å². The number of rotatable bonds is 5. The molecule has 2 aromatic carbocycles. The second-order valence-electron chi connectivity index (χ2n) is 4.14. The molecular formula is C17H18O2. The van der Waals surface area contributed by atoms with E-state index in [1.807, 2.05) is 55.5 Å². The fourth-order valence-electron chi connectivity index (χ4n) is 1.94. The summed E-state index contributed by atoms with van der Waals surface area (Å²) in [5.74, 6) is 1.49. The van der Waals surface area contributed by atoms with E-state index in [-0.39, 0.29) is 0 Å². The Morgan fingerprint density at radius 2 is 1.74 bits per heavy atom. The summed E-state index contributed by atoms with van der Waals surface area (Å²) in [5, 5.41) is 0. The molecule has 0 saturated carbocycles. The molecule has 0 bridgehead atoms. The summed E-state index contributed by atoms with van der Waals surface area (Å²) in [5.41, 5.74) is 3.12. The van der Waals surface area contributed by atoms with E-state index >= 15 is 0 Å². The van der Waals surface area contributed by atoms with Crippen molar-refractivity contribution in [2.45, 2.75) is 6.92 Å². The molecule has 0 spiro atoms. The fourth-order valence-corrected chi connectivity index (χ4v) is 1.94. The first-order valence-corrected chi connectivity index (χ1v) is 6.31. The standard InChI is InChI=1S/C17H18O2/c1-4-19-17-12-15(10-11-16(17)18-3)13(2)14-8-6-5-7-9-14/h5-12H,2,4H2,1,3H3. The zero-order valence-corrected chi connectivity index (χ0v) is 11.3. The third-order valence-corrected chi connectivity index (χ3v) is 2.93. The van der Waals surface area contributed by atoms with Gasteiger partial charge in [-0.05, 0) is 35.8 Å². The Morgan fingerprint density at radius 3 is 2.37 bits per heavy atom. The van der Waals surface area contributed by atoms with E-state index in [0.717, 1.165) is 28.2 Å². The van der Waals surface area contributed by atoms with E-state index in [1.54, 1.807) is 7.11 Å². The van der Waals surface area contributed by atoms with Gasteiger partial charge in [-0.2, -0.15) is 0 Å². The molecule has 2 aromatic rings. The minimum absolute atomic E-state index is 0.609. The van der Waals surface area contributed by atoms with Crippen LogP contribution in [-0.4, -0.2) is 13.7 Å². The number of methoxy groups -OCH3 is 1. The maximum absolute atomic E-state index is 5.59. The van der Waals surface area contributed by atoms with Gasteiger partial charge in [0.15, 0.2) is 11.5 Å². The van der Waals surface area contributed by atoms with Crippen molar-refractivity contribution in [2.75, 3.05) is 13.7 Å². The number of benzene rings is 2. The zero-order valence-electron chi connectivity index (χ0n) is 11.3. The van der Waals surface area contributed by atoms with Gasteiger partial charge in [0.2, 0.25) is 0 Å². The largest absolute Gasteiger partial charge is 0.493 e. The molecule has 0 saturated heterocycles. The van der Waals surface area contributed by atoms with Gasteiger partial charge in [0.05, 0.1) is 13.7 Å². The quantitative estimate of drug-likeness (QED) is 0.797. The van der Waals surface area contributed by atoms with E-state index < -0.39 is 0 Å². The number of hydrogen-bond donors (Lipinski definition) is 0. The molecule has 0 radical (unpaired) electrons. The van der Waals surface area contributed by atoms with Gasteiger partial charge in [-0.1, -0.05) is 43.0 Å². The van der Waals surface area contributed by atoms with E-state index in [1.165, 1.54) is 0 Å². The summed E-state index contributed by atoms with van der Waals surface area (Å²) in [6.45, 7) is 6.72. The predicted molar refractivity (Wildman–Crippen MR) is 78.7 cm³/mol. The van der Waals surface area contributed by atoms with Crippen molar-refractivity contribution in [3.8, 4) is 11.5 Å². The fraction of sp³-hybridized carbons (Fsp3) is 0.176. The molecule has 2 nitrogen and oxygen atoms in total. The number of ether oxygens (including phenoxy) is 2. The Kier molecular flexibility index (Phi) is 4.24. The van der Waals surface area contributed by atoms with E-state index in [9.17, 15) is 0 Å². The number of hydrogen-bond acceptors (Lipinski definition) is 2. The zero-order chi connectivity index (χ0) is 13.7. The molecule has 0 amide bonds. The molecule has 98 valence electrons. The Hall–Kier alpha value is -2.22. The van der Waals surface area contributed by atoms with Crippen molar-refractivity contribution in [1.29, 1.82) is 0 Å². The van der Waals surface area contributed by atoms with Gasteiger partial charge in [0.25, 0.3) is 0 Å². The van der Waals surface area contributed by atoms with Gasteiger partial charge in [0.1, 0.15) is 0 Å². The highest BCUT2D eigenvalue weighted by Gasteiger charge is 2.08. The molecular weight excluding hydrogens is 236 g/mol. The summed E-state index contributed by atoms with van der Waals surface area (Å²) in [7, 11) is 1.64. The van der Waals surface area contributed by atoms with Crippen LogP contribution in [0.3, 0.4) is 0 Å². The average Bonchev–Trinajstić information content (AvgIpc) is 2.47. The summed E-state index contributed by atoms with van der Waals surface area (Å²) < 4.78 is 10.9. The minimum Gasteiger partial charge on any atom is -0.493 e. The molecule has 0 heterocycles. The van der Waals surface area contributed by atoms with Gasteiger partial charge in [-0.25, -0.2) is 0 Å². The molecule has 0 aromatic heterocycles. The van der Waals surface area contributed by atoms with Crippen molar-refractivity contribution in [3.63, 3.8) is 0 Å². The molecule has 0 aliphatic carbocycles. The van der Waals surface area contributed by atoms with Crippen LogP contribution >= 0.6 is 0 Å². The lowest BCUT2D eigenvalue weighted by molar-refractivity contribution is 0.311. The SMILES string of the molecule is C=C(c1ccccc1)c1ccc(OC)c(OCC)c1. The van der Waals surface area contributed by atoms with Crippen LogP contribution in [0.1, 0.15) is 18.1 Å². The first kappa shape index (κ1) is 13.2. The van der Waals surface area contributed by atoms with Gasteiger partial charge in [-0.15, -0.1) is 0 Å². The Bertz CT molecular complexity index is 559. The molecule has 0 atom stereocenters. The van der Waals surface area contributed by atoms with Crippen molar-refractivity contribution in [2.24, 2.45) is 0 Å². The minimum atomic E-state index is 0.609. The molecule has 0 aliphatic rings. The summed E-state index contributed by atoms with van der Waals surface area (Å²) >= 11 is 0. The van der Waals surface area contributed by atoms with Gasteiger partial charge >= 0.3 is 0 Å². The molecule has 2 heteroatoms. The van der Waals surface area contributed by atoms with Crippen LogP contribution in [0, 0.1) is 0 Å². The topological polar surface area (TPSA) is 18.5 Å². The highest BCUT2D eigenvalue weighted by atomic mass is 16.5. The van der Waals surface area contributed by atoms with Gasteiger partial charge in [0, 0.05) is 0 Å². The van der Waals surface area contributed by atoms with Crippen molar-refractivity contribution in [1.82, 2.24) is 0 Å². The molecule has 19 heavy (non-hydrogen) atoms. The Labute approximate surface area is 114 Å². The first-order valence-electron chi connectivity index (χ1n) is 6.31. The summed E-state index contributed by atoms with van der Waals surface area (Å²) in [6.07, 6.45) is 0. The van der Waals surface area contributed by atoms with Crippen LogP contribution in [0.5, 0.6) is 11.5 Å². The second-order valence-corrected chi connectivity index (χ2v) is 4.14. The predicted octanol–water partition coefficient (Wildman–Crippen LogP) is 4.16. The maximum Gasteiger partial charge on any atom is 0.161 e. The van der Waals surface area contributed by atoms with Crippen LogP contribution in [-0.2, 0) is 0 Å². The first-order chi connectivity index (χ1) is 9.26. The van der Waals surface area contributed by atoms with Crippen molar-refractivity contribution >= 4 is 5.57 Å². The Balaban J connectivity index is 2.35. The average molecular weight is 254 g/mol. The lowest BCUT2D eigenvalue weighted by atomic mass is 9.99. The van der Waals surface area contributed by atoms with Gasteiger partial charge in [-0.3, -0.25) is 0 Å². The second kappa shape index (κ2) is 6.10. The smallest absolute Gasteiger partial charge is 0.161 e. The lowest BCUT2D eigenvalue weighted by Gasteiger charge is -2.12. The van der Waals surface area contributed by atoms with Crippen molar-refractivity contribution in [3.05, 3.63) is 66.2 Å². The highest BCUT2D eigenvalue weighted by molar-refractivity contribution is 5.79. The summed E-state index contributed by atoms with van der Waals surface area (Å²) in [4.78, 5) is 0. The van der Waals surface area contributed by atoms with E-state index in [4.69, 9.17) is 9.47 Å². The lowest BCUT2D eigenvalue weighted by Crippen LogP contribution is -1.96. The van der Waals surface area contributed by atoms with E-state index in [0.29, 0.717) is 6.61 Å². The Morgan fingerprint density at radius 1 is 1.00 bits per heavy atom. The van der Waals surface area contributed by atoms with Crippen LogP contribution in [0.25, 0.3) is 5.57 Å². The van der Waals surface area contributed by atoms with Crippen LogP contribution < -0.4 is 9.47 Å². The summed E-state index contributed by atoms with van der Waals surface area (Å²) in [6, 6.07) is 16.0. The maximum atomic E-state index is 5.59. The van der Waals surface area contributed by atoms with Crippen molar-refractivity contribution < 1.29 is 9.47 Å². The third-order valence-electron chi connectivity index (χ3n) is 2.93. The molecule has 2 rings (SSSR count). The highest BCUT2D eigenvalue weighted by Crippen LogP contribution is 2.32. The van der Waals surface area contributed by atoms with Crippen LogP contribution in [0.15, 0.2) is 55.1 Å². The molecule has 0 fully saturated rings.